The molecule has 27 heavy (non-hydrogen) atoms. The van der Waals surface area contributed by atoms with Crippen molar-refractivity contribution in [1.82, 2.24) is 15.5 Å². The van der Waals surface area contributed by atoms with Crippen LogP contribution in [0.2, 0.25) is 0 Å². The summed E-state index contributed by atoms with van der Waals surface area (Å²) >= 11 is 0. The summed E-state index contributed by atoms with van der Waals surface area (Å²) in [6, 6.07) is 0. The van der Waals surface area contributed by atoms with Crippen LogP contribution in [0.3, 0.4) is 0 Å². The van der Waals surface area contributed by atoms with Gasteiger partial charge in [-0.15, -0.1) is 0 Å². The molecular formula is C21H42N4O2. The van der Waals surface area contributed by atoms with Gasteiger partial charge in [-0.3, -0.25) is 4.99 Å². The summed E-state index contributed by atoms with van der Waals surface area (Å²) in [6.45, 7) is 11.7. The van der Waals surface area contributed by atoms with Crippen LogP contribution in [0, 0.1) is 5.41 Å². The quantitative estimate of drug-likeness (QED) is 0.291. The Morgan fingerprint density at radius 1 is 1.19 bits per heavy atom. The number of nitrogens with zero attached hydrogens (tertiary/aromatic N) is 2. The Bertz CT molecular complexity index is 416. The minimum atomic E-state index is -0.0856. The number of aliphatic hydroxyl groups excluding tert-OH is 1. The zero-order valence-electron chi connectivity index (χ0n) is 17.6. The maximum Gasteiger partial charge on any atom is 0.191 e. The fourth-order valence-electron chi connectivity index (χ4n) is 4.29. The largest absolute Gasteiger partial charge is 0.393 e. The van der Waals surface area contributed by atoms with Crippen LogP contribution >= 0.6 is 0 Å². The third-order valence-electron chi connectivity index (χ3n) is 6.06. The van der Waals surface area contributed by atoms with Crippen molar-refractivity contribution < 1.29 is 9.84 Å². The van der Waals surface area contributed by atoms with Crippen molar-refractivity contribution in [2.24, 2.45) is 10.4 Å². The van der Waals surface area contributed by atoms with E-state index >= 15 is 0 Å². The summed E-state index contributed by atoms with van der Waals surface area (Å²) in [6.07, 6.45) is 9.21. The maximum atomic E-state index is 9.60. The first kappa shape index (κ1) is 22.4. The van der Waals surface area contributed by atoms with Gasteiger partial charge in [-0.1, -0.05) is 12.8 Å². The second kappa shape index (κ2) is 12.6. The van der Waals surface area contributed by atoms with E-state index in [0.29, 0.717) is 5.41 Å². The molecule has 0 amide bonds. The maximum absolute atomic E-state index is 9.60. The third kappa shape index (κ3) is 8.36. The molecular weight excluding hydrogens is 340 g/mol. The number of aliphatic hydroxyl groups is 1. The highest BCUT2D eigenvalue weighted by atomic mass is 16.5. The van der Waals surface area contributed by atoms with Crippen molar-refractivity contribution in [2.75, 3.05) is 52.5 Å². The van der Waals surface area contributed by atoms with Crippen LogP contribution in [0.25, 0.3) is 0 Å². The molecule has 0 aromatic carbocycles. The molecule has 6 nitrogen and oxygen atoms in total. The van der Waals surface area contributed by atoms with Gasteiger partial charge < -0.3 is 25.4 Å². The zero-order chi connectivity index (χ0) is 19.4. The molecule has 3 N–H and O–H groups in total. The first-order chi connectivity index (χ1) is 13.2. The number of rotatable bonds is 11. The highest BCUT2D eigenvalue weighted by Gasteiger charge is 2.33. The fourth-order valence-corrected chi connectivity index (χ4v) is 4.29. The third-order valence-corrected chi connectivity index (χ3v) is 6.06. The first-order valence-electron chi connectivity index (χ1n) is 11.2. The van der Waals surface area contributed by atoms with Crippen LogP contribution in [0.15, 0.2) is 4.99 Å². The zero-order valence-corrected chi connectivity index (χ0v) is 17.6. The minimum Gasteiger partial charge on any atom is -0.393 e. The van der Waals surface area contributed by atoms with Crippen molar-refractivity contribution in [3.05, 3.63) is 0 Å². The van der Waals surface area contributed by atoms with E-state index < -0.39 is 0 Å². The van der Waals surface area contributed by atoms with Gasteiger partial charge in [0.15, 0.2) is 5.96 Å². The lowest BCUT2D eigenvalue weighted by Gasteiger charge is -2.29. The van der Waals surface area contributed by atoms with Gasteiger partial charge >= 0.3 is 0 Å². The molecule has 0 spiro atoms. The van der Waals surface area contributed by atoms with Gasteiger partial charge in [0.05, 0.1) is 6.10 Å². The van der Waals surface area contributed by atoms with E-state index in [1.54, 1.807) is 0 Å². The summed E-state index contributed by atoms with van der Waals surface area (Å²) in [5.41, 5.74) is 0.339. The fraction of sp³-hybridized carbons (Fsp3) is 0.952. The number of guanidine groups is 1. The summed E-state index contributed by atoms with van der Waals surface area (Å²) in [5.74, 6) is 0.953. The van der Waals surface area contributed by atoms with Crippen LogP contribution in [0.5, 0.6) is 0 Å². The van der Waals surface area contributed by atoms with Crippen LogP contribution in [0.1, 0.15) is 65.2 Å². The van der Waals surface area contributed by atoms with Gasteiger partial charge in [-0.2, -0.15) is 0 Å². The van der Waals surface area contributed by atoms with Crippen LogP contribution < -0.4 is 10.6 Å². The minimum absolute atomic E-state index is 0.0856. The lowest BCUT2D eigenvalue weighted by molar-refractivity contribution is 0.0822. The number of ether oxygens (including phenoxy) is 1. The highest BCUT2D eigenvalue weighted by molar-refractivity contribution is 5.79. The molecule has 0 bridgehead atoms. The molecule has 2 aliphatic rings. The van der Waals surface area contributed by atoms with E-state index in [9.17, 15) is 5.11 Å². The Balaban J connectivity index is 1.73. The number of likely N-dealkylation sites (tertiary alicyclic amines) is 1. The molecule has 2 fully saturated rings. The lowest BCUT2D eigenvalue weighted by atomic mass is 9.83. The second-order valence-electron chi connectivity index (χ2n) is 8.20. The molecule has 6 heteroatoms. The number of aliphatic imine (C=N–C) groups is 1. The van der Waals surface area contributed by atoms with Gasteiger partial charge in [0.2, 0.25) is 0 Å². The average Bonchev–Trinajstić information content (AvgIpc) is 3.14. The van der Waals surface area contributed by atoms with Crippen molar-refractivity contribution in [1.29, 1.82) is 0 Å². The molecule has 1 aliphatic heterocycles. The predicted octanol–water partition coefficient (Wildman–Crippen LogP) is 2.38. The molecule has 0 unspecified atom stereocenters. The van der Waals surface area contributed by atoms with Gasteiger partial charge in [0, 0.05) is 45.9 Å². The topological polar surface area (TPSA) is 69.1 Å². The van der Waals surface area contributed by atoms with Crippen LogP contribution in [-0.4, -0.2) is 74.6 Å². The lowest BCUT2D eigenvalue weighted by Crippen LogP contribution is -2.41. The molecule has 0 atom stereocenters. The van der Waals surface area contributed by atoms with E-state index in [-0.39, 0.29) is 6.10 Å². The van der Waals surface area contributed by atoms with Crippen molar-refractivity contribution in [3.63, 3.8) is 0 Å². The highest BCUT2D eigenvalue weighted by Crippen LogP contribution is 2.41. The number of hydrogen-bond donors (Lipinski definition) is 3. The standard InChI is InChI=1S/C21H42N4O2/c1-3-22-20(23-13-7-14-25-15-8-19(26)9-16-25)24-18-21(10-5-6-11-21)12-17-27-4-2/h19,26H,3-18H2,1-2H3,(H2,22,23,24). The summed E-state index contributed by atoms with van der Waals surface area (Å²) < 4.78 is 5.62. The first-order valence-corrected chi connectivity index (χ1v) is 11.2. The smallest absolute Gasteiger partial charge is 0.191 e. The number of nitrogens with one attached hydrogen (secondary N) is 2. The van der Waals surface area contributed by atoms with Gasteiger partial charge in [-0.25, -0.2) is 0 Å². The molecule has 158 valence electrons. The molecule has 0 aromatic heterocycles. The Morgan fingerprint density at radius 2 is 1.93 bits per heavy atom. The van der Waals surface area contributed by atoms with E-state index in [1.165, 1.54) is 25.7 Å². The molecule has 1 saturated heterocycles. The molecule has 1 heterocycles. The molecule has 2 rings (SSSR count). The summed E-state index contributed by atoms with van der Waals surface area (Å²) in [7, 11) is 0. The van der Waals surface area contributed by atoms with E-state index in [4.69, 9.17) is 9.73 Å². The SMILES string of the molecule is CCNC(=NCC1(CCOCC)CCCC1)NCCCN1CCC(O)CC1. The molecule has 1 aliphatic carbocycles. The van der Waals surface area contributed by atoms with Gasteiger partial charge in [0.25, 0.3) is 0 Å². The van der Waals surface area contributed by atoms with Gasteiger partial charge in [0.1, 0.15) is 0 Å². The molecule has 0 radical (unpaired) electrons. The summed E-state index contributed by atoms with van der Waals surface area (Å²) in [4.78, 5) is 7.39. The molecule has 0 aromatic rings. The second-order valence-corrected chi connectivity index (χ2v) is 8.20. The normalized spacial score (nSPS) is 21.5. The Morgan fingerprint density at radius 3 is 2.59 bits per heavy atom. The Hall–Kier alpha value is -0.850. The Kier molecular flexibility index (Phi) is 10.5. The van der Waals surface area contributed by atoms with E-state index in [0.717, 1.165) is 84.1 Å². The van der Waals surface area contributed by atoms with E-state index in [1.807, 2.05) is 0 Å². The van der Waals surface area contributed by atoms with Crippen LogP contribution in [-0.2, 0) is 4.74 Å². The van der Waals surface area contributed by atoms with Crippen LogP contribution in [0.4, 0.5) is 0 Å². The van der Waals surface area contributed by atoms with E-state index in [2.05, 4.69) is 29.4 Å². The number of piperidine rings is 1. The van der Waals surface area contributed by atoms with Crippen molar-refractivity contribution >= 4 is 5.96 Å². The summed E-state index contributed by atoms with van der Waals surface area (Å²) in [5, 5.41) is 16.5. The monoisotopic (exact) mass is 382 g/mol. The van der Waals surface area contributed by atoms with Gasteiger partial charge in [-0.05, 0) is 64.3 Å². The number of hydrogen-bond acceptors (Lipinski definition) is 4. The Labute approximate surface area is 166 Å². The average molecular weight is 383 g/mol. The predicted molar refractivity (Wildman–Crippen MR) is 112 cm³/mol. The molecule has 1 saturated carbocycles. The van der Waals surface area contributed by atoms with Crippen molar-refractivity contribution in [3.8, 4) is 0 Å². The van der Waals surface area contributed by atoms with Crippen molar-refractivity contribution in [2.45, 2.75) is 71.3 Å².